The molecule has 2 fully saturated rings. The first-order valence-electron chi connectivity index (χ1n) is 8.50. The average Bonchev–Trinajstić information content (AvgIpc) is 2.62. The average molecular weight is 342 g/mol. The van der Waals surface area contributed by atoms with Gasteiger partial charge in [0.2, 0.25) is 0 Å². The van der Waals surface area contributed by atoms with Gasteiger partial charge in [-0.2, -0.15) is 0 Å². The zero-order chi connectivity index (χ0) is 17.5. The fourth-order valence-electron chi connectivity index (χ4n) is 3.10. The molecule has 0 aromatic heterocycles. The topological polar surface area (TPSA) is 85.4 Å². The summed E-state index contributed by atoms with van der Waals surface area (Å²) in [7, 11) is 1.33. The number of hydrogen-bond donors (Lipinski definition) is 0. The highest BCUT2D eigenvalue weighted by atomic mass is 16.6. The standard InChI is InChI=1S/C16H26N2O6/c1-3-23-16(21)17-9-6-13(7-10-17)24-14(19)12-5-4-8-18(11-12)15(20)22-2/h12-13H,3-11H2,1-2H3/t12-/m1/s1. The molecule has 0 saturated carbocycles. The molecule has 2 saturated heterocycles. The number of piperidine rings is 2. The van der Waals surface area contributed by atoms with Crippen molar-refractivity contribution in [3.63, 3.8) is 0 Å². The van der Waals surface area contributed by atoms with Crippen molar-refractivity contribution in [2.24, 2.45) is 5.92 Å². The number of carbonyl (C=O) groups is 3. The Morgan fingerprint density at radius 2 is 1.71 bits per heavy atom. The van der Waals surface area contributed by atoms with E-state index in [1.807, 2.05) is 0 Å². The lowest BCUT2D eigenvalue weighted by Gasteiger charge is -2.34. The summed E-state index contributed by atoms with van der Waals surface area (Å²) in [5.74, 6) is -0.570. The van der Waals surface area contributed by atoms with E-state index < -0.39 is 6.09 Å². The number of carbonyl (C=O) groups excluding carboxylic acids is 3. The predicted molar refractivity (Wildman–Crippen MR) is 84.4 cm³/mol. The number of hydrogen-bond acceptors (Lipinski definition) is 6. The van der Waals surface area contributed by atoms with E-state index in [0.29, 0.717) is 52.0 Å². The molecule has 2 aliphatic rings. The Morgan fingerprint density at radius 1 is 1.00 bits per heavy atom. The molecule has 2 heterocycles. The fraction of sp³-hybridized carbons (Fsp3) is 0.812. The van der Waals surface area contributed by atoms with E-state index in [1.165, 1.54) is 7.11 Å². The molecule has 2 amide bonds. The number of amides is 2. The first-order valence-corrected chi connectivity index (χ1v) is 8.50. The third kappa shape index (κ3) is 4.75. The molecule has 24 heavy (non-hydrogen) atoms. The highest BCUT2D eigenvalue weighted by molar-refractivity contribution is 5.75. The fourth-order valence-corrected chi connectivity index (χ4v) is 3.10. The SMILES string of the molecule is CCOC(=O)N1CCC(OC(=O)[C@@H]2CCCN(C(=O)OC)C2)CC1. The lowest BCUT2D eigenvalue weighted by molar-refractivity contribution is -0.157. The van der Waals surface area contributed by atoms with Crippen LogP contribution in [0.5, 0.6) is 0 Å². The molecule has 0 aliphatic carbocycles. The van der Waals surface area contributed by atoms with E-state index in [2.05, 4.69) is 0 Å². The summed E-state index contributed by atoms with van der Waals surface area (Å²) in [6.45, 7) is 4.12. The van der Waals surface area contributed by atoms with Crippen LogP contribution in [0.25, 0.3) is 0 Å². The van der Waals surface area contributed by atoms with Crippen LogP contribution in [0, 0.1) is 5.92 Å². The number of methoxy groups -OCH3 is 1. The van der Waals surface area contributed by atoms with Gasteiger partial charge in [-0.3, -0.25) is 4.79 Å². The Labute approximate surface area is 142 Å². The van der Waals surface area contributed by atoms with Crippen molar-refractivity contribution in [2.75, 3.05) is 39.9 Å². The van der Waals surface area contributed by atoms with Gasteiger partial charge in [0.25, 0.3) is 0 Å². The molecule has 2 rings (SSSR count). The van der Waals surface area contributed by atoms with Crippen molar-refractivity contribution in [3.8, 4) is 0 Å². The minimum Gasteiger partial charge on any atom is -0.462 e. The molecule has 0 radical (unpaired) electrons. The van der Waals surface area contributed by atoms with Crippen LogP contribution in [0.4, 0.5) is 9.59 Å². The maximum atomic E-state index is 12.3. The molecule has 0 N–H and O–H groups in total. The Balaban J connectivity index is 1.77. The van der Waals surface area contributed by atoms with Gasteiger partial charge in [0, 0.05) is 39.0 Å². The second-order valence-electron chi connectivity index (χ2n) is 6.08. The molecule has 0 aromatic rings. The minimum atomic E-state index is -0.407. The molecule has 0 aromatic carbocycles. The van der Waals surface area contributed by atoms with Crippen molar-refractivity contribution in [1.29, 1.82) is 0 Å². The number of rotatable bonds is 3. The van der Waals surface area contributed by atoms with Crippen molar-refractivity contribution >= 4 is 18.2 Å². The van der Waals surface area contributed by atoms with Gasteiger partial charge in [0.15, 0.2) is 0 Å². The van der Waals surface area contributed by atoms with Crippen molar-refractivity contribution in [1.82, 2.24) is 9.80 Å². The number of nitrogens with zero attached hydrogens (tertiary/aromatic N) is 2. The molecule has 8 nitrogen and oxygen atoms in total. The first-order chi connectivity index (χ1) is 11.5. The van der Waals surface area contributed by atoms with Crippen molar-refractivity contribution < 1.29 is 28.6 Å². The Bertz CT molecular complexity index is 461. The molecule has 0 bridgehead atoms. The third-order valence-electron chi connectivity index (χ3n) is 4.44. The molecular formula is C16H26N2O6. The lowest BCUT2D eigenvalue weighted by atomic mass is 9.98. The van der Waals surface area contributed by atoms with Crippen LogP contribution in [0.3, 0.4) is 0 Å². The molecule has 0 spiro atoms. The maximum absolute atomic E-state index is 12.3. The smallest absolute Gasteiger partial charge is 0.409 e. The molecule has 1 atom stereocenters. The number of esters is 1. The summed E-state index contributed by atoms with van der Waals surface area (Å²) in [6, 6.07) is 0. The normalized spacial score (nSPS) is 22.0. The summed E-state index contributed by atoms with van der Waals surface area (Å²) < 4.78 is 15.3. The maximum Gasteiger partial charge on any atom is 0.409 e. The third-order valence-corrected chi connectivity index (χ3v) is 4.44. The molecule has 2 aliphatic heterocycles. The molecular weight excluding hydrogens is 316 g/mol. The Hall–Kier alpha value is -1.99. The van der Waals surface area contributed by atoms with Crippen molar-refractivity contribution in [3.05, 3.63) is 0 Å². The quantitative estimate of drug-likeness (QED) is 0.572. The Morgan fingerprint density at radius 3 is 2.33 bits per heavy atom. The minimum absolute atomic E-state index is 0.184. The van der Waals surface area contributed by atoms with Gasteiger partial charge in [0.1, 0.15) is 6.10 Å². The predicted octanol–water partition coefficient (Wildman–Crippen LogP) is 1.63. The second-order valence-corrected chi connectivity index (χ2v) is 6.08. The molecule has 136 valence electrons. The highest BCUT2D eigenvalue weighted by Crippen LogP contribution is 2.22. The van der Waals surface area contributed by atoms with Crippen LogP contribution in [0.15, 0.2) is 0 Å². The second kappa shape index (κ2) is 8.75. The van der Waals surface area contributed by atoms with Gasteiger partial charge < -0.3 is 24.0 Å². The van der Waals surface area contributed by atoms with E-state index in [-0.39, 0.29) is 24.1 Å². The summed E-state index contributed by atoms with van der Waals surface area (Å²) in [5.41, 5.74) is 0. The molecule has 0 unspecified atom stereocenters. The van der Waals surface area contributed by atoms with Gasteiger partial charge in [-0.25, -0.2) is 9.59 Å². The van der Waals surface area contributed by atoms with Crippen LogP contribution in [-0.2, 0) is 19.0 Å². The largest absolute Gasteiger partial charge is 0.462 e. The van der Waals surface area contributed by atoms with Crippen LogP contribution in [0.1, 0.15) is 32.6 Å². The zero-order valence-corrected chi connectivity index (χ0v) is 14.4. The summed E-state index contributed by atoms with van der Waals surface area (Å²) in [5, 5.41) is 0. The van der Waals surface area contributed by atoms with Gasteiger partial charge in [-0.15, -0.1) is 0 Å². The van der Waals surface area contributed by atoms with E-state index in [9.17, 15) is 14.4 Å². The lowest BCUT2D eigenvalue weighted by Crippen LogP contribution is -2.45. The Kier molecular flexibility index (Phi) is 6.69. The summed E-state index contributed by atoms with van der Waals surface area (Å²) in [4.78, 5) is 38.7. The van der Waals surface area contributed by atoms with Crippen LogP contribution in [-0.4, -0.2) is 74.0 Å². The van der Waals surface area contributed by atoms with E-state index >= 15 is 0 Å². The monoisotopic (exact) mass is 342 g/mol. The number of ether oxygens (including phenoxy) is 3. The van der Waals surface area contributed by atoms with Gasteiger partial charge in [0.05, 0.1) is 19.6 Å². The van der Waals surface area contributed by atoms with Crippen LogP contribution < -0.4 is 0 Å². The van der Waals surface area contributed by atoms with Gasteiger partial charge >= 0.3 is 18.2 Å². The highest BCUT2D eigenvalue weighted by Gasteiger charge is 2.32. The van der Waals surface area contributed by atoms with E-state index in [1.54, 1.807) is 16.7 Å². The zero-order valence-electron chi connectivity index (χ0n) is 14.4. The van der Waals surface area contributed by atoms with Crippen LogP contribution in [0.2, 0.25) is 0 Å². The van der Waals surface area contributed by atoms with Crippen molar-refractivity contribution in [2.45, 2.75) is 38.7 Å². The summed E-state index contributed by atoms with van der Waals surface area (Å²) in [6.07, 6.45) is 1.79. The van der Waals surface area contributed by atoms with Gasteiger partial charge in [-0.05, 0) is 19.8 Å². The van der Waals surface area contributed by atoms with Crippen LogP contribution >= 0.6 is 0 Å². The van der Waals surface area contributed by atoms with E-state index in [0.717, 1.165) is 6.42 Å². The van der Waals surface area contributed by atoms with E-state index in [4.69, 9.17) is 14.2 Å². The van der Waals surface area contributed by atoms with Gasteiger partial charge in [-0.1, -0.05) is 0 Å². The summed E-state index contributed by atoms with van der Waals surface area (Å²) >= 11 is 0. The first kappa shape index (κ1) is 18.4. The molecule has 8 heteroatoms. The number of likely N-dealkylation sites (tertiary alicyclic amines) is 2.